The maximum atomic E-state index is 11.3. The molecule has 1 atom stereocenters. The molecule has 2 heterocycles. The second-order valence-corrected chi connectivity index (χ2v) is 4.60. The number of nitrogens with zero attached hydrogens (tertiary/aromatic N) is 3. The Kier molecular flexibility index (Phi) is 3.64. The standard InChI is InChI=1S/C12H19N5O/c1-2-9-10(13)15-7-16-12(9)17-5-3-4-8(6-17)11(14)18/h7-8H,2-6H2,1H3,(H2,14,18)(H2,13,15,16). The Morgan fingerprint density at radius 2 is 2.33 bits per heavy atom. The number of piperidine rings is 1. The molecule has 1 aliphatic rings. The van der Waals surface area contributed by atoms with Crippen LogP contribution in [-0.2, 0) is 11.2 Å². The number of aromatic nitrogens is 2. The fourth-order valence-electron chi connectivity index (χ4n) is 2.43. The molecule has 1 aromatic rings. The number of hydrogen-bond acceptors (Lipinski definition) is 5. The Bertz CT molecular complexity index is 448. The molecule has 1 unspecified atom stereocenters. The Morgan fingerprint density at radius 1 is 1.56 bits per heavy atom. The van der Waals surface area contributed by atoms with Gasteiger partial charge in [-0.25, -0.2) is 9.97 Å². The number of carbonyl (C=O) groups excluding carboxylic acids is 1. The third-order valence-corrected chi connectivity index (χ3v) is 3.43. The highest BCUT2D eigenvalue weighted by Gasteiger charge is 2.26. The molecule has 18 heavy (non-hydrogen) atoms. The molecule has 0 aromatic carbocycles. The van der Waals surface area contributed by atoms with Gasteiger partial charge in [0.2, 0.25) is 5.91 Å². The summed E-state index contributed by atoms with van der Waals surface area (Å²) in [5.41, 5.74) is 12.2. The predicted octanol–water partition coefficient (Wildman–Crippen LogP) is 0.323. The molecule has 1 aromatic heterocycles. The smallest absolute Gasteiger partial charge is 0.222 e. The van der Waals surface area contributed by atoms with Crippen LogP contribution in [0.15, 0.2) is 6.33 Å². The number of nitrogens with two attached hydrogens (primary N) is 2. The monoisotopic (exact) mass is 249 g/mol. The van der Waals surface area contributed by atoms with E-state index in [1.54, 1.807) is 0 Å². The van der Waals surface area contributed by atoms with Crippen LogP contribution in [0.2, 0.25) is 0 Å². The predicted molar refractivity (Wildman–Crippen MR) is 70.0 cm³/mol. The van der Waals surface area contributed by atoms with E-state index < -0.39 is 0 Å². The van der Waals surface area contributed by atoms with E-state index in [-0.39, 0.29) is 11.8 Å². The van der Waals surface area contributed by atoms with Crippen LogP contribution in [0.25, 0.3) is 0 Å². The average Bonchev–Trinajstić information content (AvgIpc) is 2.38. The summed E-state index contributed by atoms with van der Waals surface area (Å²) < 4.78 is 0. The van der Waals surface area contributed by atoms with Crippen LogP contribution in [0.5, 0.6) is 0 Å². The van der Waals surface area contributed by atoms with Crippen molar-refractivity contribution in [2.75, 3.05) is 23.7 Å². The number of carbonyl (C=O) groups is 1. The van der Waals surface area contributed by atoms with Crippen molar-refractivity contribution in [3.05, 3.63) is 11.9 Å². The van der Waals surface area contributed by atoms with Crippen molar-refractivity contribution in [1.82, 2.24) is 9.97 Å². The normalized spacial score (nSPS) is 19.8. The van der Waals surface area contributed by atoms with E-state index in [0.29, 0.717) is 12.4 Å². The van der Waals surface area contributed by atoms with Gasteiger partial charge in [-0.1, -0.05) is 6.92 Å². The fraction of sp³-hybridized carbons (Fsp3) is 0.583. The van der Waals surface area contributed by atoms with Gasteiger partial charge in [-0.05, 0) is 19.3 Å². The highest BCUT2D eigenvalue weighted by molar-refractivity contribution is 5.77. The highest BCUT2D eigenvalue weighted by Crippen LogP contribution is 2.26. The van der Waals surface area contributed by atoms with Gasteiger partial charge >= 0.3 is 0 Å². The number of primary amides is 1. The molecule has 0 aliphatic carbocycles. The van der Waals surface area contributed by atoms with Crippen LogP contribution in [0.3, 0.4) is 0 Å². The number of amides is 1. The highest BCUT2D eigenvalue weighted by atomic mass is 16.1. The lowest BCUT2D eigenvalue weighted by Gasteiger charge is -2.33. The van der Waals surface area contributed by atoms with Crippen molar-refractivity contribution in [1.29, 1.82) is 0 Å². The van der Waals surface area contributed by atoms with Crippen LogP contribution < -0.4 is 16.4 Å². The van der Waals surface area contributed by atoms with Gasteiger partial charge in [0, 0.05) is 18.7 Å². The molecule has 6 heteroatoms. The van der Waals surface area contributed by atoms with Crippen LogP contribution in [0.1, 0.15) is 25.3 Å². The van der Waals surface area contributed by atoms with Gasteiger partial charge in [0.15, 0.2) is 0 Å². The number of hydrogen-bond donors (Lipinski definition) is 2. The molecule has 0 bridgehead atoms. The molecule has 1 aliphatic heterocycles. The summed E-state index contributed by atoms with van der Waals surface area (Å²) >= 11 is 0. The molecular weight excluding hydrogens is 230 g/mol. The van der Waals surface area contributed by atoms with E-state index in [1.807, 2.05) is 6.92 Å². The van der Waals surface area contributed by atoms with E-state index in [2.05, 4.69) is 14.9 Å². The van der Waals surface area contributed by atoms with Crippen molar-refractivity contribution >= 4 is 17.5 Å². The van der Waals surface area contributed by atoms with Crippen molar-refractivity contribution in [3.63, 3.8) is 0 Å². The van der Waals surface area contributed by atoms with Gasteiger partial charge < -0.3 is 16.4 Å². The first-order valence-corrected chi connectivity index (χ1v) is 6.27. The van der Waals surface area contributed by atoms with Gasteiger partial charge in [-0.3, -0.25) is 4.79 Å². The molecule has 1 amide bonds. The first-order chi connectivity index (χ1) is 8.63. The van der Waals surface area contributed by atoms with Crippen LogP contribution >= 0.6 is 0 Å². The van der Waals surface area contributed by atoms with E-state index in [1.165, 1.54) is 6.33 Å². The first kappa shape index (κ1) is 12.6. The maximum Gasteiger partial charge on any atom is 0.222 e. The van der Waals surface area contributed by atoms with Crippen molar-refractivity contribution in [2.24, 2.45) is 11.7 Å². The zero-order chi connectivity index (χ0) is 13.1. The summed E-state index contributed by atoms with van der Waals surface area (Å²) in [4.78, 5) is 21.7. The van der Waals surface area contributed by atoms with Crippen LogP contribution in [0, 0.1) is 5.92 Å². The molecule has 4 N–H and O–H groups in total. The lowest BCUT2D eigenvalue weighted by atomic mass is 9.97. The van der Waals surface area contributed by atoms with E-state index in [0.717, 1.165) is 37.2 Å². The minimum absolute atomic E-state index is 0.0976. The van der Waals surface area contributed by atoms with E-state index >= 15 is 0 Å². The summed E-state index contributed by atoms with van der Waals surface area (Å²) in [6, 6.07) is 0. The zero-order valence-corrected chi connectivity index (χ0v) is 10.6. The molecule has 0 saturated carbocycles. The van der Waals surface area contributed by atoms with Crippen molar-refractivity contribution in [3.8, 4) is 0 Å². The fourth-order valence-corrected chi connectivity index (χ4v) is 2.43. The number of rotatable bonds is 3. The molecule has 0 radical (unpaired) electrons. The van der Waals surface area contributed by atoms with Crippen molar-refractivity contribution in [2.45, 2.75) is 26.2 Å². The largest absolute Gasteiger partial charge is 0.383 e. The van der Waals surface area contributed by atoms with Crippen molar-refractivity contribution < 1.29 is 4.79 Å². The first-order valence-electron chi connectivity index (χ1n) is 6.27. The van der Waals surface area contributed by atoms with Gasteiger partial charge in [0.25, 0.3) is 0 Å². The Morgan fingerprint density at radius 3 is 3.00 bits per heavy atom. The molecule has 0 spiro atoms. The van der Waals surface area contributed by atoms with Gasteiger partial charge in [0.05, 0.1) is 5.92 Å². The third-order valence-electron chi connectivity index (χ3n) is 3.43. The SMILES string of the molecule is CCc1c(N)ncnc1N1CCCC(C(N)=O)C1. The van der Waals surface area contributed by atoms with E-state index in [9.17, 15) is 4.79 Å². The molecule has 98 valence electrons. The molecular formula is C12H19N5O. The Labute approximate surface area is 106 Å². The third kappa shape index (κ3) is 2.37. The zero-order valence-electron chi connectivity index (χ0n) is 10.6. The van der Waals surface area contributed by atoms with Gasteiger partial charge in [-0.15, -0.1) is 0 Å². The van der Waals surface area contributed by atoms with Crippen LogP contribution in [-0.4, -0.2) is 29.0 Å². The lowest BCUT2D eigenvalue weighted by molar-refractivity contribution is -0.122. The molecule has 1 saturated heterocycles. The minimum atomic E-state index is -0.236. The Balaban J connectivity index is 2.26. The number of anilines is 2. The van der Waals surface area contributed by atoms with Crippen LogP contribution in [0.4, 0.5) is 11.6 Å². The summed E-state index contributed by atoms with van der Waals surface area (Å²) in [6.45, 7) is 3.53. The quantitative estimate of drug-likeness (QED) is 0.804. The van der Waals surface area contributed by atoms with Gasteiger partial charge in [-0.2, -0.15) is 0 Å². The molecule has 2 rings (SSSR count). The topological polar surface area (TPSA) is 98.1 Å². The maximum absolute atomic E-state index is 11.3. The minimum Gasteiger partial charge on any atom is -0.383 e. The molecule has 1 fully saturated rings. The summed E-state index contributed by atoms with van der Waals surface area (Å²) in [5, 5.41) is 0. The lowest BCUT2D eigenvalue weighted by Crippen LogP contribution is -2.42. The summed E-state index contributed by atoms with van der Waals surface area (Å²) in [5.74, 6) is 1.03. The second-order valence-electron chi connectivity index (χ2n) is 4.60. The molecule has 6 nitrogen and oxygen atoms in total. The average molecular weight is 249 g/mol. The number of nitrogen functional groups attached to an aromatic ring is 1. The van der Waals surface area contributed by atoms with E-state index in [4.69, 9.17) is 11.5 Å². The summed E-state index contributed by atoms with van der Waals surface area (Å²) in [6.07, 6.45) is 4.05. The Hall–Kier alpha value is -1.85. The van der Waals surface area contributed by atoms with Gasteiger partial charge in [0.1, 0.15) is 18.0 Å². The summed E-state index contributed by atoms with van der Waals surface area (Å²) in [7, 11) is 0. The second kappa shape index (κ2) is 5.20.